The third-order valence-corrected chi connectivity index (χ3v) is 9.94. The van der Waals surface area contributed by atoms with Crippen LogP contribution >= 0.6 is 11.8 Å². The number of hydrogen-bond acceptors (Lipinski definition) is 3. The molecule has 0 aliphatic heterocycles. The number of imidazole rings is 1. The Bertz CT molecular complexity index is 1150. The zero-order valence-electron chi connectivity index (χ0n) is 21.6. The van der Waals surface area contributed by atoms with E-state index in [1.165, 1.54) is 61.4 Å². The molecule has 188 valence electrons. The van der Waals surface area contributed by atoms with Gasteiger partial charge in [-0.25, -0.2) is 4.98 Å². The Morgan fingerprint density at radius 1 is 0.944 bits per heavy atom. The number of nitrogens with zero attached hydrogens (tertiary/aromatic N) is 1. The fourth-order valence-electron chi connectivity index (χ4n) is 7.55. The molecule has 4 saturated carbocycles. The summed E-state index contributed by atoms with van der Waals surface area (Å²) < 4.78 is 0. The minimum atomic E-state index is 0.119. The first-order chi connectivity index (χ1) is 17.4. The first-order valence-corrected chi connectivity index (χ1v) is 14.5. The van der Waals surface area contributed by atoms with Crippen molar-refractivity contribution in [3.63, 3.8) is 0 Å². The van der Waals surface area contributed by atoms with Crippen LogP contribution in [0.1, 0.15) is 56.6 Å². The quantitative estimate of drug-likeness (QED) is 0.339. The summed E-state index contributed by atoms with van der Waals surface area (Å²) in [6.07, 6.45) is 8.23. The molecule has 7 rings (SSSR count). The van der Waals surface area contributed by atoms with Gasteiger partial charge < -0.3 is 10.3 Å². The van der Waals surface area contributed by atoms with Crippen molar-refractivity contribution in [2.45, 2.75) is 70.5 Å². The van der Waals surface area contributed by atoms with Gasteiger partial charge in [0.05, 0.1) is 17.1 Å². The van der Waals surface area contributed by atoms with Gasteiger partial charge in [0.15, 0.2) is 5.16 Å². The van der Waals surface area contributed by atoms with E-state index in [-0.39, 0.29) is 11.9 Å². The Labute approximate surface area is 219 Å². The summed E-state index contributed by atoms with van der Waals surface area (Å²) >= 11 is 1.50. The molecule has 1 atom stereocenters. The molecular weight excluding hydrogens is 462 g/mol. The van der Waals surface area contributed by atoms with Gasteiger partial charge in [-0.1, -0.05) is 71.4 Å². The van der Waals surface area contributed by atoms with Gasteiger partial charge in [-0.3, -0.25) is 4.79 Å². The van der Waals surface area contributed by atoms with Gasteiger partial charge in [0.2, 0.25) is 5.91 Å². The first kappa shape index (κ1) is 23.8. The van der Waals surface area contributed by atoms with Crippen molar-refractivity contribution in [1.29, 1.82) is 0 Å². The molecule has 0 radical (unpaired) electrons. The summed E-state index contributed by atoms with van der Waals surface area (Å²) in [6.45, 7) is 6.45. The zero-order valence-corrected chi connectivity index (χ0v) is 22.5. The Balaban J connectivity index is 1.16. The molecule has 5 heteroatoms. The number of amides is 1. The normalized spacial score (nSPS) is 27.2. The summed E-state index contributed by atoms with van der Waals surface area (Å²) in [5, 5.41) is 4.19. The van der Waals surface area contributed by atoms with Crippen LogP contribution in [-0.4, -0.2) is 27.7 Å². The van der Waals surface area contributed by atoms with Gasteiger partial charge in [-0.05, 0) is 82.5 Å². The predicted octanol–water partition coefficient (Wildman–Crippen LogP) is 7.17. The summed E-state index contributed by atoms with van der Waals surface area (Å²) in [5.41, 5.74) is 6.92. The van der Waals surface area contributed by atoms with Crippen molar-refractivity contribution in [1.82, 2.24) is 15.3 Å². The van der Waals surface area contributed by atoms with Crippen LogP contribution in [0, 0.1) is 37.0 Å². The maximum Gasteiger partial charge on any atom is 0.230 e. The molecule has 2 N–H and O–H groups in total. The molecule has 1 aromatic heterocycles. The lowest BCUT2D eigenvalue weighted by Crippen LogP contribution is -2.56. The van der Waals surface area contributed by atoms with Crippen molar-refractivity contribution in [2.24, 2.45) is 23.2 Å². The number of nitrogens with one attached hydrogen (secondary N) is 2. The molecule has 3 aromatic rings. The Morgan fingerprint density at radius 2 is 1.47 bits per heavy atom. The second-order valence-electron chi connectivity index (χ2n) is 11.9. The van der Waals surface area contributed by atoms with Crippen LogP contribution in [0.25, 0.3) is 22.5 Å². The molecule has 2 aromatic carbocycles. The number of thioether (sulfide) groups is 1. The highest BCUT2D eigenvalue weighted by atomic mass is 32.2. The highest BCUT2D eigenvalue weighted by molar-refractivity contribution is 7.99. The minimum Gasteiger partial charge on any atom is -0.352 e. The van der Waals surface area contributed by atoms with E-state index in [0.29, 0.717) is 11.2 Å². The lowest BCUT2D eigenvalue weighted by molar-refractivity contribution is -0.123. The molecule has 4 bridgehead atoms. The standard InChI is InChI=1S/C31H37N3OS/c1-19-4-8-25(9-5-19)28-29(26-10-6-20(2)7-11-26)34-30(33-28)36-18-27(35)32-21(3)31-15-22-12-23(16-31)14-24(13-22)17-31/h4-11,21-24H,12-18H2,1-3H3,(H,32,35)(H,33,34)/t21-,22?,23?,24?,31?/m1/s1. The zero-order chi connectivity index (χ0) is 24.9. The van der Waals surface area contributed by atoms with E-state index in [1.54, 1.807) is 0 Å². The lowest BCUT2D eigenvalue weighted by Gasteiger charge is -2.59. The summed E-state index contributed by atoms with van der Waals surface area (Å²) in [4.78, 5) is 21.5. The van der Waals surface area contributed by atoms with E-state index in [1.807, 2.05) is 0 Å². The molecule has 4 aliphatic rings. The minimum absolute atomic E-state index is 0.119. The summed E-state index contributed by atoms with van der Waals surface area (Å²) in [5.74, 6) is 3.19. The average molecular weight is 500 g/mol. The highest BCUT2D eigenvalue weighted by Crippen LogP contribution is 2.61. The summed E-state index contributed by atoms with van der Waals surface area (Å²) in [7, 11) is 0. The SMILES string of the molecule is Cc1ccc(-c2nc(SCC(=O)N[C@H](C)C34CC5CC(CC(C5)C3)C4)[nH]c2-c2ccc(C)cc2)cc1. The second-order valence-corrected chi connectivity index (χ2v) is 12.8. The Morgan fingerprint density at radius 3 is 2.03 bits per heavy atom. The topological polar surface area (TPSA) is 57.8 Å². The number of carbonyl (C=O) groups excluding carboxylic acids is 1. The van der Waals surface area contributed by atoms with Crippen LogP contribution in [-0.2, 0) is 4.79 Å². The van der Waals surface area contributed by atoms with Crippen LogP contribution in [0.2, 0.25) is 0 Å². The van der Waals surface area contributed by atoms with Crippen LogP contribution in [0.4, 0.5) is 0 Å². The molecule has 36 heavy (non-hydrogen) atoms. The molecule has 1 amide bonds. The summed E-state index contributed by atoms with van der Waals surface area (Å²) in [6, 6.07) is 17.3. The van der Waals surface area contributed by atoms with Crippen LogP contribution in [0.5, 0.6) is 0 Å². The van der Waals surface area contributed by atoms with E-state index >= 15 is 0 Å². The number of aryl methyl sites for hydroxylation is 2. The number of hydrogen-bond donors (Lipinski definition) is 2. The van der Waals surface area contributed by atoms with E-state index in [2.05, 4.69) is 79.6 Å². The number of benzene rings is 2. The number of aromatic nitrogens is 2. The van der Waals surface area contributed by atoms with E-state index in [4.69, 9.17) is 4.98 Å². The van der Waals surface area contributed by atoms with E-state index in [9.17, 15) is 4.79 Å². The van der Waals surface area contributed by atoms with Crippen molar-refractivity contribution < 1.29 is 4.79 Å². The third kappa shape index (κ3) is 4.63. The van der Waals surface area contributed by atoms with Gasteiger partial charge >= 0.3 is 0 Å². The Kier molecular flexibility index (Phi) is 6.23. The van der Waals surface area contributed by atoms with E-state index in [0.717, 1.165) is 45.4 Å². The van der Waals surface area contributed by atoms with Gasteiger partial charge in [0.25, 0.3) is 0 Å². The molecule has 0 spiro atoms. The first-order valence-electron chi connectivity index (χ1n) is 13.5. The average Bonchev–Trinajstić information content (AvgIpc) is 3.27. The molecule has 1 heterocycles. The number of rotatable bonds is 7. The van der Waals surface area contributed by atoms with Crippen molar-refractivity contribution >= 4 is 17.7 Å². The third-order valence-electron chi connectivity index (χ3n) is 9.07. The van der Waals surface area contributed by atoms with Gasteiger partial charge in [-0.15, -0.1) is 0 Å². The molecule has 0 unspecified atom stereocenters. The molecule has 0 saturated heterocycles. The lowest BCUT2D eigenvalue weighted by atomic mass is 9.48. The fraction of sp³-hybridized carbons (Fsp3) is 0.484. The van der Waals surface area contributed by atoms with Crippen LogP contribution in [0.3, 0.4) is 0 Å². The maximum absolute atomic E-state index is 13.1. The molecular formula is C31H37N3OS. The van der Waals surface area contributed by atoms with Gasteiger partial charge in [-0.2, -0.15) is 0 Å². The molecule has 4 fully saturated rings. The molecule has 4 aliphatic carbocycles. The Hall–Kier alpha value is -2.53. The van der Waals surface area contributed by atoms with Crippen molar-refractivity contribution in [2.75, 3.05) is 5.75 Å². The largest absolute Gasteiger partial charge is 0.352 e. The van der Waals surface area contributed by atoms with Crippen LogP contribution < -0.4 is 5.32 Å². The van der Waals surface area contributed by atoms with Crippen molar-refractivity contribution in [3.05, 3.63) is 59.7 Å². The van der Waals surface area contributed by atoms with E-state index < -0.39 is 0 Å². The number of H-pyrrole nitrogens is 1. The van der Waals surface area contributed by atoms with Crippen molar-refractivity contribution in [3.8, 4) is 22.5 Å². The maximum atomic E-state index is 13.1. The fourth-order valence-corrected chi connectivity index (χ4v) is 8.23. The molecule has 4 nitrogen and oxygen atoms in total. The second kappa shape index (κ2) is 9.41. The van der Waals surface area contributed by atoms with Crippen LogP contribution in [0.15, 0.2) is 53.7 Å². The highest BCUT2D eigenvalue weighted by Gasteiger charge is 2.53. The van der Waals surface area contributed by atoms with Gasteiger partial charge in [0.1, 0.15) is 0 Å². The number of aromatic amines is 1. The monoisotopic (exact) mass is 499 g/mol. The smallest absolute Gasteiger partial charge is 0.230 e. The van der Waals surface area contributed by atoms with Gasteiger partial charge in [0, 0.05) is 17.2 Å². The number of carbonyl (C=O) groups is 1. The predicted molar refractivity (Wildman–Crippen MR) is 148 cm³/mol.